The number of rotatable bonds is 5. The molecule has 0 saturated carbocycles. The Kier molecular flexibility index (Phi) is 5.27. The van der Waals surface area contributed by atoms with Gasteiger partial charge in [0.25, 0.3) is 0 Å². The van der Waals surface area contributed by atoms with Crippen molar-refractivity contribution in [1.29, 1.82) is 0 Å². The monoisotopic (exact) mass is 372 g/mol. The molecule has 3 rings (SSSR count). The molecule has 0 unspecified atom stereocenters. The van der Waals surface area contributed by atoms with E-state index in [9.17, 15) is 4.79 Å². The fourth-order valence-corrected chi connectivity index (χ4v) is 2.74. The molecule has 0 atom stereocenters. The average Bonchev–Trinajstić information content (AvgIpc) is 2.57. The van der Waals surface area contributed by atoms with Gasteiger partial charge in [-0.25, -0.2) is 0 Å². The van der Waals surface area contributed by atoms with Crippen molar-refractivity contribution in [2.45, 2.75) is 6.42 Å². The van der Waals surface area contributed by atoms with Crippen molar-refractivity contribution in [2.24, 2.45) is 0 Å². The van der Waals surface area contributed by atoms with Crippen molar-refractivity contribution in [2.75, 3.05) is 0 Å². The van der Waals surface area contributed by atoms with Crippen LogP contribution < -0.4 is 4.74 Å². The number of carboxylic acid groups (broad SMARTS) is 1. The quantitative estimate of drug-likeness (QED) is 0.590. The molecular formula is C20H14Cl2O3. The van der Waals surface area contributed by atoms with Gasteiger partial charge in [-0.3, -0.25) is 4.79 Å². The van der Waals surface area contributed by atoms with Gasteiger partial charge in [0.05, 0.1) is 16.5 Å². The summed E-state index contributed by atoms with van der Waals surface area (Å²) >= 11 is 12.0. The standard InChI is InChI=1S/C20H14Cl2O3/c21-18-8-7-15(12-19(18)22)14-4-2-6-17(11-14)25-16-5-1-3-13(9-16)10-20(23)24/h1-9,11-12H,10H2,(H,23,24). The molecule has 3 nitrogen and oxygen atoms in total. The first kappa shape index (κ1) is 17.3. The van der Waals surface area contributed by atoms with Crippen molar-refractivity contribution in [3.8, 4) is 22.6 Å². The number of carbonyl (C=O) groups is 1. The minimum Gasteiger partial charge on any atom is -0.481 e. The first-order valence-electron chi connectivity index (χ1n) is 7.55. The summed E-state index contributed by atoms with van der Waals surface area (Å²) < 4.78 is 5.86. The molecule has 0 saturated heterocycles. The lowest BCUT2D eigenvalue weighted by molar-refractivity contribution is -0.136. The van der Waals surface area contributed by atoms with Crippen molar-refractivity contribution in [3.05, 3.63) is 82.3 Å². The van der Waals surface area contributed by atoms with Gasteiger partial charge in [0, 0.05) is 0 Å². The predicted octanol–water partition coefficient (Wildman–Crippen LogP) is 6.08. The van der Waals surface area contributed by atoms with E-state index < -0.39 is 5.97 Å². The summed E-state index contributed by atoms with van der Waals surface area (Å²) in [5, 5.41) is 9.89. The van der Waals surface area contributed by atoms with E-state index in [1.54, 1.807) is 36.4 Å². The predicted molar refractivity (Wildman–Crippen MR) is 99.8 cm³/mol. The molecule has 0 amide bonds. The molecule has 0 spiro atoms. The molecule has 1 N–H and O–H groups in total. The molecule has 0 bridgehead atoms. The zero-order valence-corrected chi connectivity index (χ0v) is 14.6. The van der Waals surface area contributed by atoms with E-state index in [0.29, 0.717) is 27.1 Å². The smallest absolute Gasteiger partial charge is 0.307 e. The van der Waals surface area contributed by atoms with Crippen LogP contribution in [0.3, 0.4) is 0 Å². The van der Waals surface area contributed by atoms with Crippen LogP contribution in [-0.2, 0) is 11.2 Å². The van der Waals surface area contributed by atoms with E-state index in [1.807, 2.05) is 30.3 Å². The molecular weight excluding hydrogens is 359 g/mol. The first-order chi connectivity index (χ1) is 12.0. The molecule has 0 heterocycles. The lowest BCUT2D eigenvalue weighted by atomic mass is 10.1. The van der Waals surface area contributed by atoms with E-state index in [0.717, 1.165) is 11.1 Å². The van der Waals surface area contributed by atoms with Crippen LogP contribution in [0.25, 0.3) is 11.1 Å². The highest BCUT2D eigenvalue weighted by Gasteiger charge is 2.06. The summed E-state index contributed by atoms with van der Waals surface area (Å²) in [6, 6.07) is 20.1. The lowest BCUT2D eigenvalue weighted by Gasteiger charge is -2.09. The van der Waals surface area contributed by atoms with Crippen LogP contribution in [-0.4, -0.2) is 11.1 Å². The molecule has 0 aliphatic rings. The van der Waals surface area contributed by atoms with Crippen molar-refractivity contribution >= 4 is 29.2 Å². The highest BCUT2D eigenvalue weighted by molar-refractivity contribution is 6.42. The summed E-state index contributed by atoms with van der Waals surface area (Å²) in [5.74, 6) is 0.361. The fourth-order valence-electron chi connectivity index (χ4n) is 2.44. The largest absolute Gasteiger partial charge is 0.481 e. The Labute approximate surface area is 155 Å². The molecule has 0 radical (unpaired) electrons. The van der Waals surface area contributed by atoms with Gasteiger partial charge in [-0.05, 0) is 53.1 Å². The van der Waals surface area contributed by atoms with Crippen LogP contribution in [0.1, 0.15) is 5.56 Å². The highest BCUT2D eigenvalue weighted by atomic mass is 35.5. The summed E-state index contributed by atoms with van der Waals surface area (Å²) in [6.45, 7) is 0. The number of hydrogen-bond acceptors (Lipinski definition) is 2. The van der Waals surface area contributed by atoms with Crippen LogP contribution in [0.5, 0.6) is 11.5 Å². The fraction of sp³-hybridized carbons (Fsp3) is 0.0500. The molecule has 0 fully saturated rings. The van der Waals surface area contributed by atoms with E-state index >= 15 is 0 Å². The Morgan fingerprint density at radius 3 is 2.24 bits per heavy atom. The lowest BCUT2D eigenvalue weighted by Crippen LogP contribution is -1.99. The molecule has 3 aromatic carbocycles. The Morgan fingerprint density at radius 1 is 0.840 bits per heavy atom. The number of hydrogen-bond donors (Lipinski definition) is 1. The van der Waals surface area contributed by atoms with Gasteiger partial charge in [-0.2, -0.15) is 0 Å². The maximum Gasteiger partial charge on any atom is 0.307 e. The van der Waals surface area contributed by atoms with Crippen molar-refractivity contribution in [1.82, 2.24) is 0 Å². The minimum absolute atomic E-state index is 0.0412. The van der Waals surface area contributed by atoms with E-state index in [1.165, 1.54) is 0 Å². The number of benzene rings is 3. The van der Waals surface area contributed by atoms with Gasteiger partial charge in [0.2, 0.25) is 0 Å². The zero-order chi connectivity index (χ0) is 17.8. The maximum atomic E-state index is 10.8. The molecule has 0 aliphatic carbocycles. The Morgan fingerprint density at radius 2 is 1.52 bits per heavy atom. The zero-order valence-electron chi connectivity index (χ0n) is 13.1. The molecule has 3 aromatic rings. The van der Waals surface area contributed by atoms with Gasteiger partial charge < -0.3 is 9.84 Å². The first-order valence-corrected chi connectivity index (χ1v) is 8.31. The third-order valence-corrected chi connectivity index (χ3v) is 4.32. The second-order valence-corrected chi connectivity index (χ2v) is 6.29. The number of carboxylic acids is 1. The van der Waals surface area contributed by atoms with E-state index in [-0.39, 0.29) is 6.42 Å². The Bertz CT molecular complexity index is 922. The van der Waals surface area contributed by atoms with E-state index in [2.05, 4.69) is 0 Å². The van der Waals surface area contributed by atoms with Gasteiger partial charge >= 0.3 is 5.97 Å². The third-order valence-electron chi connectivity index (χ3n) is 3.58. The number of halogens is 2. The van der Waals surface area contributed by atoms with E-state index in [4.69, 9.17) is 33.0 Å². The van der Waals surface area contributed by atoms with Crippen LogP contribution in [0.2, 0.25) is 10.0 Å². The number of aliphatic carboxylic acids is 1. The third kappa shape index (κ3) is 4.53. The maximum absolute atomic E-state index is 10.8. The van der Waals surface area contributed by atoms with Crippen LogP contribution in [0, 0.1) is 0 Å². The molecule has 5 heteroatoms. The minimum atomic E-state index is -0.876. The second kappa shape index (κ2) is 7.60. The van der Waals surface area contributed by atoms with Crippen molar-refractivity contribution in [3.63, 3.8) is 0 Å². The summed E-state index contributed by atoms with van der Waals surface area (Å²) in [6.07, 6.45) is -0.0412. The SMILES string of the molecule is O=C(O)Cc1cccc(Oc2cccc(-c3ccc(Cl)c(Cl)c3)c2)c1. The van der Waals surface area contributed by atoms with Crippen LogP contribution in [0.4, 0.5) is 0 Å². The van der Waals surface area contributed by atoms with Gasteiger partial charge in [0.15, 0.2) is 0 Å². The molecule has 25 heavy (non-hydrogen) atoms. The normalized spacial score (nSPS) is 10.5. The van der Waals surface area contributed by atoms with Crippen molar-refractivity contribution < 1.29 is 14.6 Å². The topological polar surface area (TPSA) is 46.5 Å². The summed E-state index contributed by atoms with van der Waals surface area (Å²) in [5.41, 5.74) is 2.56. The second-order valence-electron chi connectivity index (χ2n) is 5.48. The Hall–Kier alpha value is -2.49. The van der Waals surface area contributed by atoms with Gasteiger partial charge in [-0.15, -0.1) is 0 Å². The summed E-state index contributed by atoms with van der Waals surface area (Å²) in [7, 11) is 0. The van der Waals surface area contributed by atoms with Gasteiger partial charge in [0.1, 0.15) is 11.5 Å². The molecule has 0 aliphatic heterocycles. The van der Waals surface area contributed by atoms with Gasteiger partial charge in [-0.1, -0.05) is 53.5 Å². The summed E-state index contributed by atoms with van der Waals surface area (Å²) in [4.78, 5) is 10.8. The number of ether oxygens (including phenoxy) is 1. The Balaban J connectivity index is 1.84. The van der Waals surface area contributed by atoms with Crippen LogP contribution in [0.15, 0.2) is 66.7 Å². The van der Waals surface area contributed by atoms with Crippen LogP contribution >= 0.6 is 23.2 Å². The average molecular weight is 373 g/mol. The highest BCUT2D eigenvalue weighted by Crippen LogP contribution is 2.31. The molecule has 0 aromatic heterocycles. The molecule has 126 valence electrons.